The molecular weight excluding hydrogens is 413 g/mol. The van der Waals surface area contributed by atoms with E-state index in [1.165, 1.54) is 11.1 Å². The predicted octanol–water partition coefficient (Wildman–Crippen LogP) is 4.49. The SMILES string of the molecule is [CH3][Bi]([c]1ccc(-c2ccccc2)cc1)[C](C)(C)C. The summed E-state index contributed by atoms with van der Waals surface area (Å²) in [7, 11) is 0. The molecule has 0 unspecified atom stereocenters. The Hall–Kier alpha value is -0.677. The molecule has 0 fully saturated rings. The van der Waals surface area contributed by atoms with Crippen LogP contribution in [-0.2, 0) is 0 Å². The molecule has 0 bridgehead atoms. The molecule has 0 amide bonds. The van der Waals surface area contributed by atoms with Crippen molar-refractivity contribution in [3.63, 3.8) is 0 Å². The van der Waals surface area contributed by atoms with E-state index in [0.29, 0.717) is 3.12 Å². The maximum absolute atomic E-state index is 2.51. The van der Waals surface area contributed by atoms with Gasteiger partial charge in [0.2, 0.25) is 0 Å². The van der Waals surface area contributed by atoms with Crippen molar-refractivity contribution < 1.29 is 0 Å². The number of rotatable bonds is 2. The first kappa shape index (κ1) is 13.7. The van der Waals surface area contributed by atoms with Crippen molar-refractivity contribution in [3.05, 3.63) is 54.6 Å². The van der Waals surface area contributed by atoms with Crippen molar-refractivity contribution in [2.24, 2.45) is 0 Å². The molecule has 2 aromatic rings. The van der Waals surface area contributed by atoms with Gasteiger partial charge in [-0.25, -0.2) is 0 Å². The van der Waals surface area contributed by atoms with Crippen molar-refractivity contribution in [3.8, 4) is 11.1 Å². The Bertz CT molecular complexity index is 491. The third kappa shape index (κ3) is 3.20. The first-order valence-electron chi connectivity index (χ1n) is 6.38. The molecular formula is C17H21Bi. The topological polar surface area (TPSA) is 0 Å². The fraction of sp³-hybridized carbons (Fsp3) is 0.294. The van der Waals surface area contributed by atoms with Crippen LogP contribution in [0.2, 0.25) is 7.75 Å². The summed E-state index contributed by atoms with van der Waals surface area (Å²) in [4.78, 5) is 0. The van der Waals surface area contributed by atoms with Crippen molar-refractivity contribution in [2.45, 2.75) is 28.5 Å². The van der Waals surface area contributed by atoms with Crippen molar-refractivity contribution >= 4 is 25.0 Å². The van der Waals surface area contributed by atoms with Gasteiger partial charge >= 0.3 is 119 Å². The molecule has 0 heterocycles. The standard InChI is InChI=1S/C12H9.C4H9.CH3.Bi/c1-3-7-11(8-4-1)12-9-5-2-6-10-12;1-4(2)3;;/h1,3-10H;1-3H3;1H3;. The zero-order chi connectivity index (χ0) is 13.2. The summed E-state index contributed by atoms with van der Waals surface area (Å²) in [6.45, 7) is 7.15. The van der Waals surface area contributed by atoms with E-state index in [1.54, 1.807) is 3.27 Å². The molecule has 0 atom stereocenters. The van der Waals surface area contributed by atoms with Crippen LogP contribution in [0.5, 0.6) is 0 Å². The summed E-state index contributed by atoms with van der Waals surface area (Å²) in [6, 6.07) is 19.9. The summed E-state index contributed by atoms with van der Waals surface area (Å²) in [5, 5.41) is 0. The van der Waals surface area contributed by atoms with Gasteiger partial charge < -0.3 is 0 Å². The molecule has 2 rings (SSSR count). The van der Waals surface area contributed by atoms with E-state index < -0.39 is 21.8 Å². The first-order valence-corrected chi connectivity index (χ1v) is 13.3. The van der Waals surface area contributed by atoms with E-state index >= 15 is 0 Å². The molecule has 0 aliphatic heterocycles. The van der Waals surface area contributed by atoms with Crippen molar-refractivity contribution in [2.75, 3.05) is 0 Å². The summed E-state index contributed by atoms with van der Waals surface area (Å²) in [5.41, 5.74) is 2.63. The van der Waals surface area contributed by atoms with Crippen LogP contribution < -0.4 is 3.27 Å². The molecule has 94 valence electrons. The van der Waals surface area contributed by atoms with Gasteiger partial charge in [0.25, 0.3) is 0 Å². The van der Waals surface area contributed by atoms with Crippen LogP contribution in [0.15, 0.2) is 54.6 Å². The second kappa shape index (κ2) is 5.53. The predicted molar refractivity (Wildman–Crippen MR) is 82.8 cm³/mol. The average Bonchev–Trinajstić information content (AvgIpc) is 2.38. The molecule has 0 spiro atoms. The van der Waals surface area contributed by atoms with Gasteiger partial charge in [-0.3, -0.25) is 0 Å². The van der Waals surface area contributed by atoms with Gasteiger partial charge in [0, 0.05) is 0 Å². The van der Waals surface area contributed by atoms with Crippen LogP contribution in [0.25, 0.3) is 11.1 Å². The molecule has 0 nitrogen and oxygen atoms in total. The molecule has 0 radical (unpaired) electrons. The quantitative estimate of drug-likeness (QED) is 0.612. The maximum atomic E-state index is 2.51. The minimum atomic E-state index is -1.53. The molecule has 2 aromatic carbocycles. The van der Waals surface area contributed by atoms with Gasteiger partial charge in [-0.05, 0) is 0 Å². The Labute approximate surface area is 119 Å². The summed E-state index contributed by atoms with van der Waals surface area (Å²) in [5.74, 6) is 0. The fourth-order valence-corrected chi connectivity index (χ4v) is 7.22. The minimum absolute atomic E-state index is 0.517. The summed E-state index contributed by atoms with van der Waals surface area (Å²) in [6.07, 6.45) is 0. The zero-order valence-electron chi connectivity index (χ0n) is 11.6. The number of benzene rings is 2. The Balaban J connectivity index is 2.26. The summed E-state index contributed by atoms with van der Waals surface area (Å²) < 4.78 is 4.65. The van der Waals surface area contributed by atoms with Gasteiger partial charge in [0.15, 0.2) is 0 Å². The van der Waals surface area contributed by atoms with E-state index in [-0.39, 0.29) is 0 Å². The van der Waals surface area contributed by atoms with Gasteiger partial charge in [0.1, 0.15) is 0 Å². The molecule has 0 saturated carbocycles. The zero-order valence-corrected chi connectivity index (χ0v) is 15.1. The second-order valence-corrected chi connectivity index (χ2v) is 17.2. The van der Waals surface area contributed by atoms with Crippen LogP contribution in [-0.4, -0.2) is 21.8 Å². The normalized spacial score (nSPS) is 11.8. The van der Waals surface area contributed by atoms with Crippen molar-refractivity contribution in [1.82, 2.24) is 0 Å². The Kier molecular flexibility index (Phi) is 4.22. The van der Waals surface area contributed by atoms with Crippen LogP contribution in [0.1, 0.15) is 20.8 Å². The van der Waals surface area contributed by atoms with E-state index in [0.717, 1.165) is 0 Å². The molecule has 1 heteroatoms. The van der Waals surface area contributed by atoms with Crippen LogP contribution >= 0.6 is 0 Å². The summed E-state index contributed by atoms with van der Waals surface area (Å²) >= 11 is -1.53. The van der Waals surface area contributed by atoms with Crippen molar-refractivity contribution in [1.29, 1.82) is 0 Å². The monoisotopic (exact) mass is 434 g/mol. The Morgan fingerprint density at radius 1 is 0.722 bits per heavy atom. The molecule has 0 aromatic heterocycles. The number of hydrogen-bond acceptors (Lipinski definition) is 0. The molecule has 18 heavy (non-hydrogen) atoms. The van der Waals surface area contributed by atoms with Gasteiger partial charge in [-0.15, -0.1) is 0 Å². The van der Waals surface area contributed by atoms with Gasteiger partial charge in [-0.1, -0.05) is 0 Å². The first-order chi connectivity index (χ1) is 8.48. The third-order valence-electron chi connectivity index (χ3n) is 3.37. The molecule has 0 saturated heterocycles. The van der Waals surface area contributed by atoms with Gasteiger partial charge in [0.05, 0.1) is 0 Å². The van der Waals surface area contributed by atoms with Crippen LogP contribution in [0.3, 0.4) is 0 Å². The Morgan fingerprint density at radius 2 is 1.22 bits per heavy atom. The van der Waals surface area contributed by atoms with Crippen LogP contribution in [0, 0.1) is 0 Å². The second-order valence-electron chi connectivity index (χ2n) is 5.64. The molecule has 0 aliphatic rings. The molecule has 0 N–H and O–H groups in total. The Morgan fingerprint density at radius 3 is 1.72 bits per heavy atom. The van der Waals surface area contributed by atoms with Crippen LogP contribution in [0.4, 0.5) is 0 Å². The number of hydrogen-bond donors (Lipinski definition) is 0. The van der Waals surface area contributed by atoms with E-state index in [9.17, 15) is 0 Å². The average molecular weight is 434 g/mol. The van der Waals surface area contributed by atoms with E-state index in [1.807, 2.05) is 0 Å². The fourth-order valence-electron chi connectivity index (χ4n) is 1.90. The molecule has 0 aliphatic carbocycles. The third-order valence-corrected chi connectivity index (χ3v) is 15.4. The van der Waals surface area contributed by atoms with Gasteiger partial charge in [-0.2, -0.15) is 0 Å². The van der Waals surface area contributed by atoms with E-state index in [4.69, 9.17) is 0 Å². The van der Waals surface area contributed by atoms with E-state index in [2.05, 4.69) is 80.0 Å².